The lowest BCUT2D eigenvalue weighted by molar-refractivity contribution is 0.0595. The Morgan fingerprint density at radius 2 is 1.64 bits per heavy atom. The molecular formula is C19H21NO2. The molecule has 2 aromatic rings. The highest BCUT2D eigenvalue weighted by Gasteiger charge is 2.24. The zero-order chi connectivity index (χ0) is 15.4. The number of rotatable bonds is 3. The summed E-state index contributed by atoms with van der Waals surface area (Å²) in [4.78, 5) is 14.3. The predicted octanol–water partition coefficient (Wildman–Crippen LogP) is 3.68. The van der Waals surface area contributed by atoms with Crippen molar-refractivity contribution in [1.82, 2.24) is 4.90 Å². The Labute approximate surface area is 131 Å². The SMILES string of the molecule is Cc1ccc(OC2CCN(C(=O)c3ccccc3)CC2)cc1. The molecule has 0 atom stereocenters. The van der Waals surface area contributed by atoms with Gasteiger partial charge in [-0.05, 0) is 31.2 Å². The Kier molecular flexibility index (Phi) is 4.42. The first kappa shape index (κ1) is 14.6. The zero-order valence-corrected chi connectivity index (χ0v) is 12.9. The van der Waals surface area contributed by atoms with Crippen LogP contribution in [0.5, 0.6) is 5.75 Å². The zero-order valence-electron chi connectivity index (χ0n) is 12.9. The Morgan fingerprint density at radius 1 is 1.00 bits per heavy atom. The number of nitrogens with zero attached hydrogens (tertiary/aromatic N) is 1. The maximum atomic E-state index is 12.4. The van der Waals surface area contributed by atoms with Crippen LogP contribution in [0.3, 0.4) is 0 Å². The van der Waals surface area contributed by atoms with Gasteiger partial charge in [0.05, 0.1) is 0 Å². The van der Waals surface area contributed by atoms with Gasteiger partial charge in [0, 0.05) is 31.5 Å². The Hall–Kier alpha value is -2.29. The number of carbonyl (C=O) groups is 1. The minimum absolute atomic E-state index is 0.120. The molecule has 0 saturated carbocycles. The number of ether oxygens (including phenoxy) is 1. The first-order valence-corrected chi connectivity index (χ1v) is 7.80. The van der Waals surface area contributed by atoms with Gasteiger partial charge in [-0.2, -0.15) is 0 Å². The van der Waals surface area contributed by atoms with Gasteiger partial charge in [0.25, 0.3) is 5.91 Å². The second-order valence-corrected chi connectivity index (χ2v) is 5.79. The summed E-state index contributed by atoms with van der Waals surface area (Å²) < 4.78 is 6.01. The molecule has 1 aliphatic rings. The van der Waals surface area contributed by atoms with Crippen molar-refractivity contribution >= 4 is 5.91 Å². The quantitative estimate of drug-likeness (QED) is 0.864. The van der Waals surface area contributed by atoms with Gasteiger partial charge in [-0.3, -0.25) is 4.79 Å². The van der Waals surface area contributed by atoms with Crippen molar-refractivity contribution in [2.75, 3.05) is 13.1 Å². The average molecular weight is 295 g/mol. The normalized spacial score (nSPS) is 15.6. The first-order valence-electron chi connectivity index (χ1n) is 7.80. The van der Waals surface area contributed by atoms with Crippen LogP contribution in [0.1, 0.15) is 28.8 Å². The van der Waals surface area contributed by atoms with E-state index in [1.807, 2.05) is 47.4 Å². The second-order valence-electron chi connectivity index (χ2n) is 5.79. The molecule has 1 heterocycles. The van der Waals surface area contributed by atoms with Crippen molar-refractivity contribution in [2.45, 2.75) is 25.9 Å². The number of likely N-dealkylation sites (tertiary alicyclic amines) is 1. The average Bonchev–Trinajstić information content (AvgIpc) is 2.58. The molecule has 0 bridgehead atoms. The number of hydrogen-bond acceptors (Lipinski definition) is 2. The summed E-state index contributed by atoms with van der Waals surface area (Å²) in [6, 6.07) is 17.6. The van der Waals surface area contributed by atoms with E-state index in [9.17, 15) is 4.79 Å². The number of piperidine rings is 1. The van der Waals surface area contributed by atoms with Gasteiger partial charge >= 0.3 is 0 Å². The summed E-state index contributed by atoms with van der Waals surface area (Å²) in [5, 5.41) is 0. The Morgan fingerprint density at radius 3 is 2.27 bits per heavy atom. The number of aryl methyl sites for hydroxylation is 1. The van der Waals surface area contributed by atoms with Crippen LogP contribution in [0.15, 0.2) is 54.6 Å². The van der Waals surface area contributed by atoms with E-state index in [2.05, 4.69) is 19.1 Å². The summed E-state index contributed by atoms with van der Waals surface area (Å²) in [6.07, 6.45) is 1.96. The third-order valence-corrected chi connectivity index (χ3v) is 4.07. The van der Waals surface area contributed by atoms with Gasteiger partial charge in [0.2, 0.25) is 0 Å². The largest absolute Gasteiger partial charge is 0.490 e. The van der Waals surface area contributed by atoms with Gasteiger partial charge in [-0.1, -0.05) is 35.9 Å². The summed E-state index contributed by atoms with van der Waals surface area (Å²) in [5.74, 6) is 1.04. The minimum atomic E-state index is 0.120. The van der Waals surface area contributed by atoms with E-state index < -0.39 is 0 Å². The van der Waals surface area contributed by atoms with E-state index in [1.165, 1.54) is 5.56 Å². The van der Waals surface area contributed by atoms with Crippen LogP contribution in [-0.4, -0.2) is 30.0 Å². The third kappa shape index (κ3) is 3.48. The van der Waals surface area contributed by atoms with E-state index >= 15 is 0 Å². The lowest BCUT2D eigenvalue weighted by atomic mass is 10.1. The van der Waals surface area contributed by atoms with E-state index in [-0.39, 0.29) is 12.0 Å². The van der Waals surface area contributed by atoms with Gasteiger partial charge in [0.1, 0.15) is 11.9 Å². The lowest BCUT2D eigenvalue weighted by Gasteiger charge is -2.32. The minimum Gasteiger partial charge on any atom is -0.490 e. The van der Waals surface area contributed by atoms with Crippen molar-refractivity contribution in [1.29, 1.82) is 0 Å². The van der Waals surface area contributed by atoms with Crippen molar-refractivity contribution in [2.24, 2.45) is 0 Å². The number of carbonyl (C=O) groups excluding carboxylic acids is 1. The molecule has 0 spiro atoms. The summed E-state index contributed by atoms with van der Waals surface area (Å²) in [7, 11) is 0. The molecule has 2 aromatic carbocycles. The summed E-state index contributed by atoms with van der Waals surface area (Å²) >= 11 is 0. The highest BCUT2D eigenvalue weighted by Crippen LogP contribution is 2.20. The monoisotopic (exact) mass is 295 g/mol. The topological polar surface area (TPSA) is 29.5 Å². The molecule has 0 aromatic heterocycles. The van der Waals surface area contributed by atoms with Crippen LogP contribution in [0.2, 0.25) is 0 Å². The molecular weight excluding hydrogens is 274 g/mol. The standard InChI is InChI=1S/C19H21NO2/c1-15-7-9-17(10-8-15)22-18-11-13-20(14-12-18)19(21)16-5-3-2-4-6-16/h2-10,18H,11-14H2,1H3. The molecule has 1 amide bonds. The van der Waals surface area contributed by atoms with Crippen LogP contribution < -0.4 is 4.74 Å². The van der Waals surface area contributed by atoms with Gasteiger partial charge in [-0.15, -0.1) is 0 Å². The predicted molar refractivity (Wildman–Crippen MR) is 87.2 cm³/mol. The van der Waals surface area contributed by atoms with Crippen LogP contribution in [0, 0.1) is 6.92 Å². The van der Waals surface area contributed by atoms with Crippen LogP contribution in [0.25, 0.3) is 0 Å². The Balaban J connectivity index is 1.54. The number of benzene rings is 2. The smallest absolute Gasteiger partial charge is 0.253 e. The van der Waals surface area contributed by atoms with Crippen LogP contribution in [0.4, 0.5) is 0 Å². The molecule has 22 heavy (non-hydrogen) atoms. The fourth-order valence-electron chi connectivity index (χ4n) is 2.75. The fraction of sp³-hybridized carbons (Fsp3) is 0.316. The summed E-state index contributed by atoms with van der Waals surface area (Å²) in [6.45, 7) is 3.58. The van der Waals surface area contributed by atoms with E-state index in [1.54, 1.807) is 0 Å². The third-order valence-electron chi connectivity index (χ3n) is 4.07. The molecule has 1 fully saturated rings. The van der Waals surface area contributed by atoms with Crippen molar-refractivity contribution in [3.05, 3.63) is 65.7 Å². The number of amides is 1. The fourth-order valence-corrected chi connectivity index (χ4v) is 2.75. The van der Waals surface area contributed by atoms with E-state index in [4.69, 9.17) is 4.74 Å². The molecule has 114 valence electrons. The first-order chi connectivity index (χ1) is 10.7. The van der Waals surface area contributed by atoms with Crippen LogP contribution >= 0.6 is 0 Å². The van der Waals surface area contributed by atoms with Gasteiger partial charge < -0.3 is 9.64 Å². The molecule has 3 rings (SSSR count). The summed E-state index contributed by atoms with van der Waals surface area (Å²) in [5.41, 5.74) is 2.00. The van der Waals surface area contributed by atoms with E-state index in [0.29, 0.717) is 0 Å². The Bertz CT molecular complexity index is 614. The van der Waals surface area contributed by atoms with Crippen molar-refractivity contribution < 1.29 is 9.53 Å². The molecule has 0 N–H and O–H groups in total. The number of hydrogen-bond donors (Lipinski definition) is 0. The highest BCUT2D eigenvalue weighted by atomic mass is 16.5. The molecule has 0 unspecified atom stereocenters. The molecule has 1 saturated heterocycles. The highest BCUT2D eigenvalue weighted by molar-refractivity contribution is 5.94. The molecule has 0 radical (unpaired) electrons. The maximum Gasteiger partial charge on any atom is 0.253 e. The van der Waals surface area contributed by atoms with Gasteiger partial charge in [0.15, 0.2) is 0 Å². The molecule has 3 nitrogen and oxygen atoms in total. The van der Waals surface area contributed by atoms with Crippen molar-refractivity contribution in [3.63, 3.8) is 0 Å². The lowest BCUT2D eigenvalue weighted by Crippen LogP contribution is -2.41. The second kappa shape index (κ2) is 6.65. The van der Waals surface area contributed by atoms with E-state index in [0.717, 1.165) is 37.2 Å². The van der Waals surface area contributed by atoms with Crippen LogP contribution in [-0.2, 0) is 0 Å². The van der Waals surface area contributed by atoms with Crippen molar-refractivity contribution in [3.8, 4) is 5.75 Å². The van der Waals surface area contributed by atoms with Gasteiger partial charge in [-0.25, -0.2) is 0 Å². The molecule has 1 aliphatic heterocycles. The molecule has 3 heteroatoms. The maximum absolute atomic E-state index is 12.4. The molecule has 0 aliphatic carbocycles.